The van der Waals surface area contributed by atoms with Crippen LogP contribution in [0.5, 0.6) is 0 Å². The van der Waals surface area contributed by atoms with Gasteiger partial charge < -0.3 is 5.32 Å². The first-order chi connectivity index (χ1) is 14.2. The fourth-order valence-corrected chi connectivity index (χ4v) is 3.18. The zero-order valence-electron chi connectivity index (χ0n) is 15.7. The normalized spacial score (nSPS) is 10.2. The number of hydrogen-bond donors (Lipinski definition) is 2. The topological polar surface area (TPSA) is 88.5 Å². The van der Waals surface area contributed by atoms with E-state index in [2.05, 4.69) is 20.5 Å². The molecule has 0 saturated heterocycles. The number of hydrogen-bond acceptors (Lipinski definition) is 4. The molecule has 1 aromatic carbocycles. The summed E-state index contributed by atoms with van der Waals surface area (Å²) < 4.78 is 1.86. The molecular weight excluding hydrogens is 411 g/mol. The lowest BCUT2D eigenvalue weighted by Gasteiger charge is -2.08. The highest BCUT2D eigenvalue weighted by Gasteiger charge is 2.16. The van der Waals surface area contributed by atoms with Crippen molar-refractivity contribution >= 4 is 35.4 Å². The number of nitrogens with zero attached hydrogens (tertiary/aromatic N) is 4. The molecule has 7 nitrogen and oxygen atoms in total. The van der Waals surface area contributed by atoms with Gasteiger partial charge in [0, 0.05) is 29.2 Å². The second kappa shape index (κ2) is 9.36. The highest BCUT2D eigenvalue weighted by molar-refractivity contribution is 6.35. The Morgan fingerprint density at radius 1 is 1.10 bits per heavy atom. The molecule has 0 bridgehead atoms. The Balaban J connectivity index is 0.00000117. The summed E-state index contributed by atoms with van der Waals surface area (Å²) in [6.45, 7) is 4.00. The second-order valence-electron chi connectivity index (χ2n) is 5.58. The minimum absolute atomic E-state index is 0.435. The maximum Gasteiger partial charge on any atom is 0.212 e. The molecule has 148 valence electrons. The van der Waals surface area contributed by atoms with Crippen molar-refractivity contribution in [2.45, 2.75) is 13.8 Å². The fraction of sp³-hybridized carbons (Fsp3) is 0.100. The Labute approximate surface area is 177 Å². The second-order valence-corrected chi connectivity index (χ2v) is 6.42. The van der Waals surface area contributed by atoms with Crippen LogP contribution in [0.15, 0.2) is 55.0 Å². The van der Waals surface area contributed by atoms with Crippen molar-refractivity contribution in [3.63, 3.8) is 0 Å². The van der Waals surface area contributed by atoms with Gasteiger partial charge in [0.25, 0.3) is 0 Å². The van der Waals surface area contributed by atoms with E-state index in [9.17, 15) is 4.79 Å². The average Bonchev–Trinajstić information content (AvgIpc) is 3.40. The quantitative estimate of drug-likeness (QED) is 0.426. The first-order valence-electron chi connectivity index (χ1n) is 8.87. The molecule has 0 aliphatic carbocycles. The molecule has 0 spiro atoms. The van der Waals surface area contributed by atoms with Crippen LogP contribution in [0.25, 0.3) is 28.5 Å². The van der Waals surface area contributed by atoms with Gasteiger partial charge in [0.1, 0.15) is 11.5 Å². The molecule has 3 heterocycles. The summed E-state index contributed by atoms with van der Waals surface area (Å²) >= 11 is 12.4. The predicted octanol–water partition coefficient (Wildman–Crippen LogP) is 5.23. The number of carbonyl (C=O) groups excluding carboxylic acids is 1. The molecule has 4 rings (SSSR count). The minimum Gasteiger partial charge on any atom is -0.313 e. The van der Waals surface area contributed by atoms with Gasteiger partial charge in [-0.25, -0.2) is 9.97 Å². The molecule has 0 fully saturated rings. The summed E-state index contributed by atoms with van der Waals surface area (Å²) in [6.07, 6.45) is 5.68. The number of amides is 1. The number of imidazole rings is 1. The van der Waals surface area contributed by atoms with Crippen molar-refractivity contribution < 1.29 is 4.79 Å². The van der Waals surface area contributed by atoms with Gasteiger partial charge in [0.05, 0.1) is 16.4 Å². The number of pyridine rings is 1. The van der Waals surface area contributed by atoms with Crippen LogP contribution in [-0.4, -0.2) is 31.1 Å². The Hall–Kier alpha value is -3.16. The minimum atomic E-state index is 0.435. The van der Waals surface area contributed by atoms with Crippen LogP contribution in [-0.2, 0) is 4.79 Å². The number of H-pyrrole nitrogens is 1. The maximum atomic E-state index is 10.7. The highest BCUT2D eigenvalue weighted by Crippen LogP contribution is 2.31. The molecule has 1 amide bonds. The average molecular weight is 429 g/mol. The molecule has 0 aliphatic heterocycles. The zero-order chi connectivity index (χ0) is 20.8. The van der Waals surface area contributed by atoms with Gasteiger partial charge in [-0.15, -0.1) is 0 Å². The Kier molecular flexibility index (Phi) is 6.64. The molecule has 29 heavy (non-hydrogen) atoms. The van der Waals surface area contributed by atoms with E-state index in [4.69, 9.17) is 28.2 Å². The van der Waals surface area contributed by atoms with Gasteiger partial charge in [-0.05, 0) is 36.4 Å². The molecule has 2 N–H and O–H groups in total. The number of carbonyl (C=O) groups is 1. The molecule has 4 aromatic rings. The number of rotatable bonds is 5. The first kappa shape index (κ1) is 20.6. The summed E-state index contributed by atoms with van der Waals surface area (Å²) in [5.74, 6) is 1.07. The molecule has 0 atom stereocenters. The Bertz CT molecular complexity index is 1110. The maximum absolute atomic E-state index is 10.7. The monoisotopic (exact) mass is 428 g/mol. The van der Waals surface area contributed by atoms with Crippen molar-refractivity contribution in [2.24, 2.45) is 0 Å². The first-order valence-corrected chi connectivity index (χ1v) is 9.62. The van der Waals surface area contributed by atoms with Gasteiger partial charge in [0.2, 0.25) is 6.41 Å². The van der Waals surface area contributed by atoms with E-state index in [1.807, 2.05) is 42.8 Å². The molecule has 3 aromatic heterocycles. The van der Waals surface area contributed by atoms with E-state index < -0.39 is 0 Å². The third-order valence-corrected chi connectivity index (χ3v) is 4.42. The van der Waals surface area contributed by atoms with E-state index in [-0.39, 0.29) is 0 Å². The van der Waals surface area contributed by atoms with Crippen molar-refractivity contribution in [3.8, 4) is 28.5 Å². The van der Waals surface area contributed by atoms with Gasteiger partial charge in [-0.2, -0.15) is 5.10 Å². The largest absolute Gasteiger partial charge is 0.313 e. The summed E-state index contributed by atoms with van der Waals surface area (Å²) in [6, 6.07) is 10.6. The van der Waals surface area contributed by atoms with Crippen LogP contribution in [0.2, 0.25) is 10.0 Å². The molecule has 0 radical (unpaired) electrons. The Morgan fingerprint density at radius 3 is 2.62 bits per heavy atom. The van der Waals surface area contributed by atoms with Gasteiger partial charge in [-0.1, -0.05) is 37.0 Å². The summed E-state index contributed by atoms with van der Waals surface area (Å²) in [7, 11) is 0. The van der Waals surface area contributed by atoms with Crippen molar-refractivity contribution in [1.29, 1.82) is 0 Å². The van der Waals surface area contributed by atoms with E-state index in [1.54, 1.807) is 30.6 Å². The standard InChI is InChI=1S/C18H12Cl2N6O.C2H6/c19-12-1-2-16(13(20)8-12)26-9-15(24-18(26)14-4-6-23-25-14)11-3-5-21-17(7-11)22-10-27;1-2/h1-10H,(H,23,25)(H,21,22,27);1-2H3. The number of aromatic amines is 1. The third-order valence-electron chi connectivity index (χ3n) is 3.88. The number of halogens is 2. The van der Waals surface area contributed by atoms with Crippen LogP contribution in [0.4, 0.5) is 5.82 Å². The van der Waals surface area contributed by atoms with Gasteiger partial charge >= 0.3 is 0 Å². The predicted molar refractivity (Wildman–Crippen MR) is 115 cm³/mol. The molecular formula is C20H18Cl2N6O. The lowest BCUT2D eigenvalue weighted by molar-refractivity contribution is -0.105. The van der Waals surface area contributed by atoms with Crippen LogP contribution in [0.1, 0.15) is 13.8 Å². The van der Waals surface area contributed by atoms with Crippen molar-refractivity contribution in [1.82, 2.24) is 24.7 Å². The zero-order valence-corrected chi connectivity index (χ0v) is 17.2. The smallest absolute Gasteiger partial charge is 0.212 e. The lowest BCUT2D eigenvalue weighted by Crippen LogP contribution is -1.97. The van der Waals surface area contributed by atoms with Gasteiger partial charge in [-0.3, -0.25) is 14.5 Å². The molecule has 0 aliphatic rings. The number of nitrogens with one attached hydrogen (secondary N) is 2. The summed E-state index contributed by atoms with van der Waals surface area (Å²) in [5.41, 5.74) is 2.93. The number of benzene rings is 1. The molecule has 0 saturated carbocycles. The summed E-state index contributed by atoms with van der Waals surface area (Å²) in [5, 5.41) is 10.5. The number of aromatic nitrogens is 5. The van der Waals surface area contributed by atoms with Crippen molar-refractivity contribution in [2.75, 3.05) is 5.32 Å². The van der Waals surface area contributed by atoms with E-state index >= 15 is 0 Å². The number of anilines is 1. The Morgan fingerprint density at radius 2 is 1.93 bits per heavy atom. The van der Waals surface area contributed by atoms with E-state index in [0.717, 1.165) is 16.9 Å². The van der Waals surface area contributed by atoms with Crippen LogP contribution in [0, 0.1) is 0 Å². The van der Waals surface area contributed by atoms with Crippen LogP contribution in [0.3, 0.4) is 0 Å². The SMILES string of the molecule is CC.O=CNc1cc(-c2cn(-c3ccc(Cl)cc3Cl)c(-c3ccn[nH]3)n2)ccn1. The highest BCUT2D eigenvalue weighted by atomic mass is 35.5. The van der Waals surface area contributed by atoms with Crippen LogP contribution >= 0.6 is 23.2 Å². The van der Waals surface area contributed by atoms with E-state index in [0.29, 0.717) is 33.8 Å². The lowest BCUT2D eigenvalue weighted by atomic mass is 10.2. The van der Waals surface area contributed by atoms with Crippen molar-refractivity contribution in [3.05, 3.63) is 65.0 Å². The molecule has 9 heteroatoms. The third kappa shape index (κ3) is 4.47. The van der Waals surface area contributed by atoms with E-state index in [1.165, 1.54) is 0 Å². The van der Waals surface area contributed by atoms with Gasteiger partial charge in [0.15, 0.2) is 5.82 Å². The van der Waals surface area contributed by atoms with Crippen LogP contribution < -0.4 is 5.32 Å². The summed E-state index contributed by atoms with van der Waals surface area (Å²) in [4.78, 5) is 19.5. The molecule has 0 unspecified atom stereocenters. The fourth-order valence-electron chi connectivity index (χ4n) is 2.68.